The fourth-order valence-electron chi connectivity index (χ4n) is 2.96. The van der Waals surface area contributed by atoms with E-state index in [0.717, 1.165) is 18.8 Å². The maximum absolute atomic E-state index is 12.0. The molecule has 0 radical (unpaired) electrons. The molecular formula is C10H16BrNO. The highest BCUT2D eigenvalue weighted by Crippen LogP contribution is 2.57. The fourth-order valence-corrected chi connectivity index (χ4v) is 4.10. The van der Waals surface area contributed by atoms with Crippen molar-refractivity contribution in [3.63, 3.8) is 0 Å². The molecule has 2 rings (SSSR count). The van der Waals surface area contributed by atoms with Crippen LogP contribution in [-0.2, 0) is 4.79 Å². The molecule has 2 aliphatic rings. The normalized spacial score (nSPS) is 42.4. The van der Waals surface area contributed by atoms with E-state index in [0.29, 0.717) is 10.7 Å². The lowest BCUT2D eigenvalue weighted by atomic mass is 9.83. The minimum absolute atomic E-state index is 0.0475. The number of hydrogen-bond donors (Lipinski definition) is 0. The first-order chi connectivity index (χ1) is 6.06. The van der Waals surface area contributed by atoms with Gasteiger partial charge in [0.05, 0.1) is 5.41 Å². The van der Waals surface area contributed by atoms with Crippen LogP contribution < -0.4 is 0 Å². The Labute approximate surface area is 87.8 Å². The second kappa shape index (κ2) is 2.97. The van der Waals surface area contributed by atoms with E-state index in [1.54, 1.807) is 4.90 Å². The van der Waals surface area contributed by atoms with Gasteiger partial charge in [-0.3, -0.25) is 4.79 Å². The van der Waals surface area contributed by atoms with Gasteiger partial charge in [0.2, 0.25) is 5.91 Å². The summed E-state index contributed by atoms with van der Waals surface area (Å²) < 4.78 is 0. The zero-order chi connectivity index (χ0) is 9.64. The average Bonchev–Trinajstić information content (AvgIpc) is 2.60. The third-order valence-corrected chi connectivity index (χ3v) is 4.87. The van der Waals surface area contributed by atoms with Crippen LogP contribution in [0.15, 0.2) is 0 Å². The molecule has 2 fully saturated rings. The Hall–Kier alpha value is -0.0500. The predicted molar refractivity (Wildman–Crippen MR) is 55.8 cm³/mol. The van der Waals surface area contributed by atoms with Gasteiger partial charge in [0.1, 0.15) is 0 Å². The average molecular weight is 246 g/mol. The smallest absolute Gasteiger partial charge is 0.229 e. The summed E-state index contributed by atoms with van der Waals surface area (Å²) in [6.45, 7) is 0. The maximum Gasteiger partial charge on any atom is 0.229 e. The summed E-state index contributed by atoms with van der Waals surface area (Å²) in [5.41, 5.74) is -0.0475. The lowest BCUT2D eigenvalue weighted by Crippen LogP contribution is -2.42. The van der Waals surface area contributed by atoms with Crippen molar-refractivity contribution >= 4 is 21.8 Å². The number of amides is 1. The zero-order valence-corrected chi connectivity index (χ0v) is 9.80. The Bertz CT molecular complexity index is 241. The predicted octanol–water partition coefficient (Wildman–Crippen LogP) is 2.03. The highest BCUT2D eigenvalue weighted by Gasteiger charge is 2.56. The first-order valence-corrected chi connectivity index (χ1v) is 5.83. The Balaban J connectivity index is 2.24. The molecule has 0 heterocycles. The van der Waals surface area contributed by atoms with Crippen molar-refractivity contribution in [2.75, 3.05) is 14.1 Å². The molecule has 2 bridgehead atoms. The van der Waals surface area contributed by atoms with Crippen molar-refractivity contribution in [1.29, 1.82) is 0 Å². The summed E-state index contributed by atoms with van der Waals surface area (Å²) in [5, 5.41) is 0. The van der Waals surface area contributed by atoms with Gasteiger partial charge in [0.25, 0.3) is 0 Å². The van der Waals surface area contributed by atoms with Gasteiger partial charge in [0.15, 0.2) is 0 Å². The standard InChI is InChI=1S/C10H16BrNO/c1-12(2)9(13)10-4-3-7(6-10)5-8(10)11/h7-8H,3-6H2,1-2H3/t7-,8+,10+/m1/s1. The van der Waals surface area contributed by atoms with Crippen molar-refractivity contribution in [2.45, 2.75) is 30.5 Å². The minimum atomic E-state index is -0.0475. The van der Waals surface area contributed by atoms with Crippen LogP contribution >= 0.6 is 15.9 Å². The zero-order valence-electron chi connectivity index (χ0n) is 8.22. The molecule has 13 heavy (non-hydrogen) atoms. The van der Waals surface area contributed by atoms with Crippen molar-refractivity contribution in [2.24, 2.45) is 11.3 Å². The molecule has 0 spiro atoms. The van der Waals surface area contributed by atoms with E-state index in [-0.39, 0.29) is 5.41 Å². The van der Waals surface area contributed by atoms with Crippen LogP contribution in [0.5, 0.6) is 0 Å². The number of alkyl halides is 1. The Morgan fingerprint density at radius 2 is 2.23 bits per heavy atom. The molecule has 0 saturated heterocycles. The Morgan fingerprint density at radius 1 is 1.54 bits per heavy atom. The van der Waals surface area contributed by atoms with Gasteiger partial charge in [0, 0.05) is 18.9 Å². The van der Waals surface area contributed by atoms with Crippen LogP contribution in [0, 0.1) is 11.3 Å². The summed E-state index contributed by atoms with van der Waals surface area (Å²) in [5.74, 6) is 1.13. The van der Waals surface area contributed by atoms with Crippen LogP contribution in [0.3, 0.4) is 0 Å². The molecule has 0 N–H and O–H groups in total. The van der Waals surface area contributed by atoms with Crippen LogP contribution in [-0.4, -0.2) is 29.7 Å². The minimum Gasteiger partial charge on any atom is -0.348 e. The van der Waals surface area contributed by atoms with Crippen molar-refractivity contribution in [3.05, 3.63) is 0 Å². The van der Waals surface area contributed by atoms with Crippen molar-refractivity contribution in [3.8, 4) is 0 Å². The molecule has 1 amide bonds. The molecule has 0 aromatic carbocycles. The number of hydrogen-bond acceptors (Lipinski definition) is 1. The number of halogens is 1. The molecule has 0 unspecified atom stereocenters. The highest BCUT2D eigenvalue weighted by atomic mass is 79.9. The molecule has 2 nitrogen and oxygen atoms in total. The fraction of sp³-hybridized carbons (Fsp3) is 0.900. The first kappa shape index (κ1) is 9.50. The molecule has 0 aromatic heterocycles. The summed E-state index contributed by atoms with van der Waals surface area (Å²) in [6.07, 6.45) is 4.64. The summed E-state index contributed by atoms with van der Waals surface area (Å²) in [7, 11) is 3.73. The van der Waals surface area contributed by atoms with E-state index in [2.05, 4.69) is 15.9 Å². The van der Waals surface area contributed by atoms with Gasteiger partial charge in [-0.05, 0) is 31.6 Å². The Kier molecular flexibility index (Phi) is 2.17. The van der Waals surface area contributed by atoms with E-state index < -0.39 is 0 Å². The molecule has 3 atom stereocenters. The van der Waals surface area contributed by atoms with Crippen LogP contribution in [0.2, 0.25) is 0 Å². The van der Waals surface area contributed by atoms with Gasteiger partial charge in [-0.25, -0.2) is 0 Å². The van der Waals surface area contributed by atoms with Crippen molar-refractivity contribution in [1.82, 2.24) is 4.90 Å². The molecule has 74 valence electrons. The number of carbonyl (C=O) groups excluding carboxylic acids is 1. The molecule has 2 saturated carbocycles. The van der Waals surface area contributed by atoms with E-state index in [9.17, 15) is 4.79 Å². The lowest BCUT2D eigenvalue weighted by Gasteiger charge is -2.32. The van der Waals surface area contributed by atoms with E-state index in [1.807, 2.05) is 14.1 Å². The number of carbonyl (C=O) groups is 1. The number of fused-ring (bicyclic) bond motifs is 2. The van der Waals surface area contributed by atoms with Crippen LogP contribution in [0.25, 0.3) is 0 Å². The highest BCUT2D eigenvalue weighted by molar-refractivity contribution is 9.09. The first-order valence-electron chi connectivity index (χ1n) is 4.92. The van der Waals surface area contributed by atoms with Gasteiger partial charge in [-0.2, -0.15) is 0 Å². The molecule has 3 heteroatoms. The van der Waals surface area contributed by atoms with E-state index >= 15 is 0 Å². The van der Waals surface area contributed by atoms with Crippen molar-refractivity contribution < 1.29 is 4.79 Å². The second-order valence-corrected chi connectivity index (χ2v) is 5.77. The van der Waals surface area contributed by atoms with Gasteiger partial charge in [-0.15, -0.1) is 0 Å². The molecule has 0 aromatic rings. The summed E-state index contributed by atoms with van der Waals surface area (Å²) in [6, 6.07) is 0. The molecule has 0 aliphatic heterocycles. The van der Waals surface area contributed by atoms with Gasteiger partial charge >= 0.3 is 0 Å². The largest absolute Gasteiger partial charge is 0.348 e. The molecule has 2 aliphatic carbocycles. The SMILES string of the molecule is CN(C)C(=O)[C@]12CC[C@H](C[C@@H]1Br)C2. The summed E-state index contributed by atoms with van der Waals surface area (Å²) in [4.78, 5) is 14.2. The number of rotatable bonds is 1. The maximum atomic E-state index is 12.0. The quantitative estimate of drug-likeness (QED) is 0.648. The lowest BCUT2D eigenvalue weighted by molar-refractivity contribution is -0.138. The van der Waals surface area contributed by atoms with Gasteiger partial charge in [-0.1, -0.05) is 15.9 Å². The second-order valence-electron chi connectivity index (χ2n) is 4.67. The topological polar surface area (TPSA) is 20.3 Å². The monoisotopic (exact) mass is 245 g/mol. The van der Waals surface area contributed by atoms with Crippen LogP contribution in [0.1, 0.15) is 25.7 Å². The Morgan fingerprint density at radius 3 is 2.62 bits per heavy atom. The third-order valence-electron chi connectivity index (χ3n) is 3.62. The van der Waals surface area contributed by atoms with Crippen LogP contribution in [0.4, 0.5) is 0 Å². The summed E-state index contributed by atoms with van der Waals surface area (Å²) >= 11 is 3.67. The van der Waals surface area contributed by atoms with E-state index in [1.165, 1.54) is 12.8 Å². The molecular weight excluding hydrogens is 230 g/mol. The van der Waals surface area contributed by atoms with E-state index in [4.69, 9.17) is 0 Å². The third kappa shape index (κ3) is 1.24. The number of nitrogens with zero attached hydrogens (tertiary/aromatic N) is 1. The van der Waals surface area contributed by atoms with Gasteiger partial charge < -0.3 is 4.90 Å².